The van der Waals surface area contributed by atoms with Crippen molar-refractivity contribution in [2.75, 3.05) is 24.6 Å². The molecule has 0 amide bonds. The van der Waals surface area contributed by atoms with Gasteiger partial charge in [-0.3, -0.25) is 9.36 Å². The van der Waals surface area contributed by atoms with Crippen molar-refractivity contribution >= 4 is 27.0 Å². The predicted molar refractivity (Wildman–Crippen MR) is 115 cm³/mol. The van der Waals surface area contributed by atoms with Crippen LogP contribution in [-0.4, -0.2) is 63.3 Å². The Morgan fingerprint density at radius 1 is 1.37 bits per heavy atom. The van der Waals surface area contributed by atoms with Crippen molar-refractivity contribution in [2.24, 2.45) is 0 Å². The SMILES string of the molecule is [2H]C1(Nc2ncc3cc(C([2H])([2H])[2H])c(=O)n([C@@H]4CCC[C@]4(O)C([2H])([2H])[2H])c3n2)CCN(S(=O)(=O)C([2H])([2H])[2H])CC1. The number of nitrogens with zero attached hydrogens (tertiary/aromatic N) is 4. The smallest absolute Gasteiger partial charge is 0.255 e. The fraction of sp³-hybridized carbons (Fsp3) is 0.650. The van der Waals surface area contributed by atoms with E-state index in [1.165, 1.54) is 6.20 Å². The molecule has 3 heterocycles. The first kappa shape index (κ1) is 12.1. The summed E-state index contributed by atoms with van der Waals surface area (Å²) in [6.45, 7) is -6.26. The highest BCUT2D eigenvalue weighted by molar-refractivity contribution is 7.88. The largest absolute Gasteiger partial charge is 0.388 e. The zero-order chi connectivity index (χ0) is 30.1. The van der Waals surface area contributed by atoms with Crippen molar-refractivity contribution in [1.29, 1.82) is 0 Å². The van der Waals surface area contributed by atoms with E-state index in [0.29, 0.717) is 0 Å². The van der Waals surface area contributed by atoms with E-state index in [0.717, 1.165) is 14.9 Å². The summed E-state index contributed by atoms with van der Waals surface area (Å²) in [5.74, 6) is -0.181. The van der Waals surface area contributed by atoms with Crippen molar-refractivity contribution in [1.82, 2.24) is 18.8 Å². The zero-order valence-corrected chi connectivity index (χ0v) is 16.9. The summed E-state index contributed by atoms with van der Waals surface area (Å²) >= 11 is 0. The highest BCUT2D eigenvalue weighted by atomic mass is 32.2. The molecule has 0 aromatic carbocycles. The first-order chi connectivity index (χ1) is 18.1. The maximum Gasteiger partial charge on any atom is 0.255 e. The van der Waals surface area contributed by atoms with Crippen LogP contribution in [0.15, 0.2) is 17.1 Å². The van der Waals surface area contributed by atoms with Crippen LogP contribution in [0.25, 0.3) is 11.0 Å². The Morgan fingerprint density at radius 3 is 2.87 bits per heavy atom. The van der Waals surface area contributed by atoms with Crippen molar-refractivity contribution in [3.05, 3.63) is 28.2 Å². The van der Waals surface area contributed by atoms with Gasteiger partial charge in [-0.25, -0.2) is 17.7 Å². The maximum absolute atomic E-state index is 13.5. The van der Waals surface area contributed by atoms with Gasteiger partial charge in [0.05, 0.1) is 19.2 Å². The molecule has 30 heavy (non-hydrogen) atoms. The van der Waals surface area contributed by atoms with Gasteiger partial charge in [0.15, 0.2) is 0 Å². The Labute approximate surface area is 190 Å². The molecule has 0 spiro atoms. The van der Waals surface area contributed by atoms with Gasteiger partial charge in [-0.1, -0.05) is 0 Å². The van der Waals surface area contributed by atoms with Crippen LogP contribution in [0.3, 0.4) is 0 Å². The van der Waals surface area contributed by atoms with Crippen LogP contribution < -0.4 is 10.9 Å². The van der Waals surface area contributed by atoms with Gasteiger partial charge in [0.1, 0.15) is 5.65 Å². The molecule has 1 aliphatic heterocycles. The summed E-state index contributed by atoms with van der Waals surface area (Å²) in [6, 6.07) is -1.76. The third kappa shape index (κ3) is 3.95. The van der Waals surface area contributed by atoms with Crippen molar-refractivity contribution in [3.8, 4) is 0 Å². The van der Waals surface area contributed by atoms with Gasteiger partial charge in [0.2, 0.25) is 16.0 Å². The lowest BCUT2D eigenvalue weighted by Gasteiger charge is -2.31. The van der Waals surface area contributed by atoms with E-state index >= 15 is 0 Å². The van der Waals surface area contributed by atoms with Crippen LogP contribution in [0.5, 0.6) is 0 Å². The Kier molecular flexibility index (Phi) is 3.06. The van der Waals surface area contributed by atoms with Crippen LogP contribution in [0, 0.1) is 6.85 Å². The van der Waals surface area contributed by atoms with Gasteiger partial charge >= 0.3 is 0 Å². The molecule has 9 nitrogen and oxygen atoms in total. The number of nitrogens with one attached hydrogen (secondary N) is 1. The van der Waals surface area contributed by atoms with Crippen molar-refractivity contribution < 1.29 is 27.2 Å². The first-order valence-corrected chi connectivity index (χ1v) is 11.0. The Balaban J connectivity index is 1.76. The topological polar surface area (TPSA) is 117 Å². The molecule has 1 saturated carbocycles. The molecular formula is C20H29N5O4S. The second-order valence-electron chi connectivity index (χ2n) is 7.67. The molecule has 2 fully saturated rings. The second kappa shape index (κ2) is 7.58. The molecule has 0 bridgehead atoms. The molecule has 2 atom stereocenters. The minimum atomic E-state index is -4.57. The third-order valence-corrected chi connectivity index (χ3v) is 6.67. The molecule has 2 N–H and O–H groups in total. The number of aliphatic hydroxyl groups is 1. The first-order valence-electron chi connectivity index (χ1n) is 14.5. The molecule has 10 heteroatoms. The summed E-state index contributed by atoms with van der Waals surface area (Å²) in [5.41, 5.74) is -4.09. The number of pyridine rings is 1. The number of anilines is 1. The van der Waals surface area contributed by atoms with Crippen LogP contribution >= 0.6 is 0 Å². The van der Waals surface area contributed by atoms with Gasteiger partial charge in [-0.2, -0.15) is 4.98 Å². The van der Waals surface area contributed by atoms with E-state index in [1.54, 1.807) is 0 Å². The highest BCUT2D eigenvalue weighted by Crippen LogP contribution is 2.39. The number of hydrogen-bond donors (Lipinski definition) is 2. The number of aromatic nitrogens is 3. The lowest BCUT2D eigenvalue weighted by Crippen LogP contribution is -2.42. The van der Waals surface area contributed by atoms with E-state index in [9.17, 15) is 18.3 Å². The van der Waals surface area contributed by atoms with Crippen LogP contribution in [0.2, 0.25) is 0 Å². The van der Waals surface area contributed by atoms with Crippen LogP contribution in [-0.2, 0) is 10.0 Å². The van der Waals surface area contributed by atoms with E-state index in [-0.39, 0.29) is 62.2 Å². The molecule has 2 aliphatic rings. The van der Waals surface area contributed by atoms with Crippen molar-refractivity contribution in [2.45, 2.75) is 63.5 Å². The lowest BCUT2D eigenvalue weighted by atomic mass is 9.99. The molecule has 4 rings (SSSR count). The molecule has 2 aromatic rings. The number of fused-ring (bicyclic) bond motifs is 1. The maximum atomic E-state index is 13.5. The van der Waals surface area contributed by atoms with Gasteiger partial charge in [-0.05, 0) is 51.9 Å². The fourth-order valence-electron chi connectivity index (χ4n) is 4.06. The monoisotopic (exact) mass is 445 g/mol. The number of rotatable bonds is 4. The normalized spacial score (nSPS) is 33.6. The average Bonchev–Trinajstić information content (AvgIpc) is 3.20. The predicted octanol–water partition coefficient (Wildman–Crippen LogP) is 1.41. The number of piperidine rings is 1. The van der Waals surface area contributed by atoms with E-state index in [2.05, 4.69) is 15.3 Å². The Morgan fingerprint density at radius 2 is 2.17 bits per heavy atom. The van der Waals surface area contributed by atoms with E-state index < -0.39 is 58.7 Å². The lowest BCUT2D eigenvalue weighted by molar-refractivity contribution is 0.0266. The summed E-state index contributed by atoms with van der Waals surface area (Å²) in [4.78, 5) is 21.9. The van der Waals surface area contributed by atoms with Gasteiger partial charge < -0.3 is 10.4 Å². The van der Waals surface area contributed by atoms with E-state index in [4.69, 9.17) is 13.7 Å². The van der Waals surface area contributed by atoms with Gasteiger partial charge in [0.25, 0.3) is 5.56 Å². The summed E-state index contributed by atoms with van der Waals surface area (Å²) in [5, 5.41) is 14.1. The average molecular weight is 446 g/mol. The van der Waals surface area contributed by atoms with Crippen LogP contribution in [0.1, 0.15) is 64.3 Å². The highest BCUT2D eigenvalue weighted by Gasteiger charge is 2.39. The molecule has 0 unspecified atom stereocenters. The van der Waals surface area contributed by atoms with Crippen LogP contribution in [0.4, 0.5) is 5.95 Å². The van der Waals surface area contributed by atoms with Gasteiger partial charge in [0, 0.05) is 48.6 Å². The fourth-order valence-corrected chi connectivity index (χ4v) is 4.73. The Hall–Kier alpha value is -2.04. The molecule has 2 aromatic heterocycles. The molecule has 0 radical (unpaired) electrons. The minimum absolute atomic E-state index is 0.0668. The molecule has 1 saturated heterocycles. The summed E-state index contributed by atoms with van der Waals surface area (Å²) < 4.78 is 104. The van der Waals surface area contributed by atoms with E-state index in [1.807, 2.05) is 0 Å². The standard InChI is InChI=1S/C20H29N5O4S/c1-13-11-14-12-21-19(22-15-6-9-24(10-7-15)30(3,28)29)23-17(14)25(18(13)26)16-5-4-8-20(16,2)27/h11-12,15-16,27H,4-10H2,1-3H3,(H,21,22,23)/t16-,20-/m1/s1/i1D3,2D3,3D3,15D. The summed E-state index contributed by atoms with van der Waals surface area (Å²) in [6.07, 6.45) is -2.12. The quantitative estimate of drug-likeness (QED) is 0.731. The van der Waals surface area contributed by atoms with Crippen molar-refractivity contribution in [3.63, 3.8) is 0 Å². The number of sulfonamides is 1. The number of hydrogen-bond acceptors (Lipinski definition) is 7. The molecule has 1 aliphatic carbocycles. The number of aryl methyl sites for hydroxylation is 1. The second-order valence-corrected chi connectivity index (χ2v) is 9.14. The summed E-state index contributed by atoms with van der Waals surface area (Å²) in [7, 11) is -4.57. The third-order valence-electron chi connectivity index (χ3n) is 5.63. The molecule has 164 valence electrons. The van der Waals surface area contributed by atoms with Gasteiger partial charge in [-0.15, -0.1) is 0 Å². The zero-order valence-electron chi connectivity index (χ0n) is 26.1. The Bertz CT molecular complexity index is 1470. The molecular weight excluding hydrogens is 406 g/mol. The minimum Gasteiger partial charge on any atom is -0.388 e.